The Hall–Kier alpha value is -1.36. The minimum absolute atomic E-state index is 0.0982. The van der Waals surface area contributed by atoms with Crippen LogP contribution >= 0.6 is 15.9 Å². The second-order valence-electron chi connectivity index (χ2n) is 5.13. The van der Waals surface area contributed by atoms with Crippen molar-refractivity contribution in [2.75, 3.05) is 5.32 Å². The number of benzene rings is 1. The summed E-state index contributed by atoms with van der Waals surface area (Å²) in [6.45, 7) is 7.36. The number of hydrogen-bond donors (Lipinski definition) is 2. The number of nitrogens with one attached hydrogen (secondary N) is 2. The highest BCUT2D eigenvalue weighted by Gasteiger charge is 2.23. The van der Waals surface area contributed by atoms with Crippen LogP contribution in [0.3, 0.4) is 0 Å². The summed E-state index contributed by atoms with van der Waals surface area (Å²) in [5.41, 5.74) is 1.24. The zero-order valence-electron chi connectivity index (χ0n) is 11.6. The van der Waals surface area contributed by atoms with Gasteiger partial charge in [0.25, 0.3) is 5.91 Å². The molecular formula is C14H19BrN2O2. The average Bonchev–Trinajstić information content (AvgIpc) is 2.27. The summed E-state index contributed by atoms with van der Waals surface area (Å²) < 4.78 is -0.624. The number of rotatable bonds is 4. The average molecular weight is 327 g/mol. The Balaban J connectivity index is 2.72. The molecule has 2 N–H and O–H groups in total. The van der Waals surface area contributed by atoms with Crippen LogP contribution in [0.15, 0.2) is 24.3 Å². The van der Waals surface area contributed by atoms with Gasteiger partial charge in [-0.05, 0) is 52.0 Å². The lowest BCUT2D eigenvalue weighted by molar-refractivity contribution is -0.117. The highest BCUT2D eigenvalue weighted by Crippen LogP contribution is 2.19. The van der Waals surface area contributed by atoms with Crippen molar-refractivity contribution in [1.82, 2.24) is 5.32 Å². The normalized spacial score (nSPS) is 11.3. The third-order valence-corrected chi connectivity index (χ3v) is 2.72. The van der Waals surface area contributed by atoms with Gasteiger partial charge in [-0.3, -0.25) is 9.59 Å². The minimum Gasteiger partial charge on any atom is -0.350 e. The van der Waals surface area contributed by atoms with Crippen molar-refractivity contribution in [3.8, 4) is 0 Å². The van der Waals surface area contributed by atoms with E-state index in [1.807, 2.05) is 13.8 Å². The van der Waals surface area contributed by atoms with E-state index in [-0.39, 0.29) is 17.9 Å². The van der Waals surface area contributed by atoms with Gasteiger partial charge in [-0.25, -0.2) is 0 Å². The predicted molar refractivity (Wildman–Crippen MR) is 80.7 cm³/mol. The van der Waals surface area contributed by atoms with Gasteiger partial charge in [0.15, 0.2) is 0 Å². The number of carbonyl (C=O) groups excluding carboxylic acids is 2. The predicted octanol–water partition coefficient (Wildman–Crippen LogP) is 2.94. The molecule has 0 spiro atoms. The van der Waals surface area contributed by atoms with Crippen LogP contribution in [0.5, 0.6) is 0 Å². The summed E-state index contributed by atoms with van der Waals surface area (Å²) in [5, 5.41) is 5.58. The van der Waals surface area contributed by atoms with Gasteiger partial charge in [-0.15, -0.1) is 0 Å². The van der Waals surface area contributed by atoms with E-state index in [4.69, 9.17) is 0 Å². The van der Waals surface area contributed by atoms with E-state index >= 15 is 0 Å². The molecule has 4 nitrogen and oxygen atoms in total. The molecule has 19 heavy (non-hydrogen) atoms. The van der Waals surface area contributed by atoms with E-state index in [0.717, 1.165) is 0 Å². The molecule has 0 fully saturated rings. The van der Waals surface area contributed by atoms with Crippen molar-refractivity contribution in [1.29, 1.82) is 0 Å². The van der Waals surface area contributed by atoms with Crippen LogP contribution in [0.4, 0.5) is 5.69 Å². The lowest BCUT2D eigenvalue weighted by Crippen LogP contribution is -2.31. The Kier molecular flexibility index (Phi) is 5.11. The second kappa shape index (κ2) is 6.19. The van der Waals surface area contributed by atoms with Gasteiger partial charge in [-0.1, -0.05) is 15.9 Å². The van der Waals surface area contributed by atoms with Gasteiger partial charge in [0, 0.05) is 17.3 Å². The quantitative estimate of drug-likeness (QED) is 0.836. The molecular weight excluding hydrogens is 308 g/mol. The van der Waals surface area contributed by atoms with Crippen molar-refractivity contribution in [3.63, 3.8) is 0 Å². The molecule has 1 aromatic rings. The minimum atomic E-state index is -0.624. The molecule has 0 atom stereocenters. The Morgan fingerprint density at radius 3 is 2.11 bits per heavy atom. The molecule has 0 heterocycles. The van der Waals surface area contributed by atoms with Crippen LogP contribution in [-0.4, -0.2) is 22.2 Å². The molecule has 0 saturated heterocycles. The van der Waals surface area contributed by atoms with Crippen molar-refractivity contribution < 1.29 is 9.59 Å². The number of amides is 2. The first-order chi connectivity index (χ1) is 8.70. The summed E-state index contributed by atoms with van der Waals surface area (Å²) in [4.78, 5) is 23.5. The maximum atomic E-state index is 11.8. The summed E-state index contributed by atoms with van der Waals surface area (Å²) in [6.07, 6.45) is 0. The van der Waals surface area contributed by atoms with Crippen LogP contribution in [0.25, 0.3) is 0 Å². The molecule has 5 heteroatoms. The first-order valence-corrected chi connectivity index (χ1v) is 6.90. The maximum Gasteiger partial charge on any atom is 0.251 e. The summed E-state index contributed by atoms with van der Waals surface area (Å²) >= 11 is 3.29. The first-order valence-electron chi connectivity index (χ1n) is 6.11. The van der Waals surface area contributed by atoms with Crippen LogP contribution in [-0.2, 0) is 4.79 Å². The van der Waals surface area contributed by atoms with Crippen molar-refractivity contribution in [3.05, 3.63) is 29.8 Å². The van der Waals surface area contributed by atoms with Crippen molar-refractivity contribution >= 4 is 33.4 Å². The summed E-state index contributed by atoms with van der Waals surface area (Å²) in [6, 6.07) is 6.90. The Bertz CT molecular complexity index is 461. The molecule has 0 radical (unpaired) electrons. The fourth-order valence-corrected chi connectivity index (χ4v) is 1.43. The maximum absolute atomic E-state index is 11.8. The van der Waals surface area contributed by atoms with Gasteiger partial charge in [-0.2, -0.15) is 0 Å². The second-order valence-corrected chi connectivity index (χ2v) is 7.11. The molecule has 0 bridgehead atoms. The standard InChI is InChI=1S/C14H19BrN2O2/c1-9(2)16-12(18)10-5-7-11(8-6-10)17-13(19)14(3,4)15/h5-9H,1-4H3,(H,16,18)(H,17,19). The monoisotopic (exact) mass is 326 g/mol. The lowest BCUT2D eigenvalue weighted by atomic mass is 10.1. The molecule has 0 aliphatic carbocycles. The van der Waals surface area contributed by atoms with Gasteiger partial charge in [0.05, 0.1) is 4.32 Å². The van der Waals surface area contributed by atoms with Crippen LogP contribution in [0.2, 0.25) is 0 Å². The SMILES string of the molecule is CC(C)NC(=O)c1ccc(NC(=O)C(C)(C)Br)cc1. The van der Waals surface area contributed by atoms with E-state index in [0.29, 0.717) is 11.3 Å². The van der Waals surface area contributed by atoms with Crippen molar-refractivity contribution in [2.45, 2.75) is 38.1 Å². The molecule has 1 rings (SSSR count). The molecule has 2 amide bonds. The summed E-state index contributed by atoms with van der Waals surface area (Å²) in [7, 11) is 0. The van der Waals surface area contributed by atoms with E-state index < -0.39 is 4.32 Å². The largest absolute Gasteiger partial charge is 0.350 e. The summed E-state index contributed by atoms with van der Waals surface area (Å²) in [5.74, 6) is -0.249. The molecule has 1 aromatic carbocycles. The van der Waals surface area contributed by atoms with Gasteiger partial charge >= 0.3 is 0 Å². The molecule has 0 saturated carbocycles. The number of hydrogen-bond acceptors (Lipinski definition) is 2. The molecule has 104 valence electrons. The highest BCUT2D eigenvalue weighted by molar-refractivity contribution is 9.10. The first kappa shape index (κ1) is 15.7. The Labute approximate surface area is 122 Å². The van der Waals surface area contributed by atoms with Crippen LogP contribution in [0.1, 0.15) is 38.1 Å². The van der Waals surface area contributed by atoms with Crippen LogP contribution in [0, 0.1) is 0 Å². The smallest absolute Gasteiger partial charge is 0.251 e. The molecule has 0 aromatic heterocycles. The van der Waals surface area contributed by atoms with E-state index in [1.165, 1.54) is 0 Å². The van der Waals surface area contributed by atoms with E-state index in [9.17, 15) is 9.59 Å². The fourth-order valence-electron chi connectivity index (χ4n) is 1.33. The Morgan fingerprint density at radius 1 is 1.16 bits per heavy atom. The van der Waals surface area contributed by atoms with Crippen LogP contribution < -0.4 is 10.6 Å². The number of alkyl halides is 1. The molecule has 0 unspecified atom stereocenters. The third kappa shape index (κ3) is 5.03. The zero-order valence-corrected chi connectivity index (χ0v) is 13.2. The van der Waals surface area contributed by atoms with Gasteiger partial charge in [0.2, 0.25) is 5.91 Å². The zero-order chi connectivity index (χ0) is 14.6. The molecule has 0 aliphatic heterocycles. The molecule has 0 aliphatic rings. The number of halogens is 1. The fraction of sp³-hybridized carbons (Fsp3) is 0.429. The van der Waals surface area contributed by atoms with E-state index in [2.05, 4.69) is 26.6 Å². The van der Waals surface area contributed by atoms with Gasteiger partial charge in [0.1, 0.15) is 0 Å². The lowest BCUT2D eigenvalue weighted by Gasteiger charge is -2.16. The van der Waals surface area contributed by atoms with Crippen molar-refractivity contribution in [2.24, 2.45) is 0 Å². The highest BCUT2D eigenvalue weighted by atomic mass is 79.9. The third-order valence-electron chi connectivity index (χ3n) is 2.36. The number of anilines is 1. The topological polar surface area (TPSA) is 58.2 Å². The Morgan fingerprint density at radius 2 is 1.68 bits per heavy atom. The number of carbonyl (C=O) groups is 2. The van der Waals surface area contributed by atoms with Gasteiger partial charge < -0.3 is 10.6 Å². The van der Waals surface area contributed by atoms with E-state index in [1.54, 1.807) is 38.1 Å².